The zero-order valence-electron chi connectivity index (χ0n) is 47.8. The number of likely N-dealkylation sites (tertiary alicyclic amines) is 2. The first-order valence-corrected chi connectivity index (χ1v) is 30.7. The summed E-state index contributed by atoms with van der Waals surface area (Å²) in [5.74, 6) is -4.39. The number of β-amino-alcohol motifs (C(OH)–C–C–N with tert-alkyl or cyclic N) is 1. The van der Waals surface area contributed by atoms with E-state index in [2.05, 4.69) is 26.3 Å². The van der Waals surface area contributed by atoms with E-state index >= 15 is 0 Å². The van der Waals surface area contributed by atoms with Crippen LogP contribution in [-0.4, -0.2) is 158 Å². The summed E-state index contributed by atoms with van der Waals surface area (Å²) in [6.45, 7) is 13.0. The Kier molecular flexibility index (Phi) is 19.3. The number of hydrogen-bond donors (Lipinski definition) is 7. The Morgan fingerprint density at radius 3 is 2.11 bits per heavy atom. The predicted molar refractivity (Wildman–Crippen MR) is 309 cm³/mol. The predicted octanol–water partition coefficient (Wildman–Crippen LogP) is 5.78. The second-order valence-corrected chi connectivity index (χ2v) is 27.2. The average Bonchev–Trinajstić information content (AvgIpc) is 2.79. The molecule has 0 saturated carbocycles. The topological polar surface area (TPSA) is 286 Å². The number of alkyl halides is 2. The van der Waals surface area contributed by atoms with Crippen molar-refractivity contribution in [2.75, 3.05) is 45.9 Å². The number of thiazole rings is 1. The molecule has 0 radical (unpaired) electrons. The zero-order valence-corrected chi connectivity index (χ0v) is 50.3. The van der Waals surface area contributed by atoms with Crippen molar-refractivity contribution in [3.05, 3.63) is 112 Å². The third-order valence-corrected chi connectivity index (χ3v) is 18.3. The van der Waals surface area contributed by atoms with Gasteiger partial charge in [-0.3, -0.25) is 38.1 Å². The van der Waals surface area contributed by atoms with Gasteiger partial charge in [0.05, 0.1) is 58.9 Å². The van der Waals surface area contributed by atoms with E-state index in [1.54, 1.807) is 52.0 Å². The average molecular weight is 1220 g/mol. The second kappa shape index (κ2) is 25.6. The molecule has 21 nitrogen and oxygen atoms in total. The Hall–Kier alpha value is -6.57. The Morgan fingerprint density at radius 2 is 1.48 bits per heavy atom. The third kappa shape index (κ3) is 14.6. The van der Waals surface area contributed by atoms with Gasteiger partial charge < -0.3 is 60.3 Å². The number of aryl methyl sites for hydroxylation is 1. The fraction of sp³-hybridized carbons (Fsp3) is 0.483. The fourth-order valence-corrected chi connectivity index (χ4v) is 12.7. The highest BCUT2D eigenvalue weighted by Crippen LogP contribution is 2.59. The van der Waals surface area contributed by atoms with Crippen LogP contribution in [0.1, 0.15) is 106 Å². The lowest BCUT2D eigenvalue weighted by molar-refractivity contribution is -0.150. The van der Waals surface area contributed by atoms with Gasteiger partial charge in [0.2, 0.25) is 35.4 Å². The normalized spacial score (nSPS) is 20.7. The van der Waals surface area contributed by atoms with Crippen molar-refractivity contribution in [1.82, 2.24) is 41.0 Å². The Labute approximate surface area is 493 Å². The number of rotatable bonds is 18. The van der Waals surface area contributed by atoms with E-state index in [0.29, 0.717) is 4.70 Å². The molecule has 8 rings (SSSR count). The lowest BCUT2D eigenvalue weighted by Gasteiger charge is -2.38. The van der Waals surface area contributed by atoms with Gasteiger partial charge in [0.25, 0.3) is 5.91 Å². The number of halogens is 2. The van der Waals surface area contributed by atoms with Gasteiger partial charge in [-0.2, -0.15) is 8.78 Å². The molecule has 7 amide bonds. The van der Waals surface area contributed by atoms with E-state index in [-0.39, 0.29) is 55.9 Å². The highest BCUT2D eigenvalue weighted by atomic mass is 32.1. The molecule has 3 aromatic carbocycles. The van der Waals surface area contributed by atoms with Crippen LogP contribution in [0, 0.1) is 17.8 Å². The molecule has 5 heterocycles. The quantitative estimate of drug-likeness (QED) is 0.0513. The van der Waals surface area contributed by atoms with Crippen molar-refractivity contribution in [3.8, 4) is 10.4 Å². The first-order valence-electron chi connectivity index (χ1n) is 27.4. The smallest absolute Gasteiger partial charge is 0.391 e. The lowest BCUT2D eigenvalue weighted by atomic mass is 9.85. The van der Waals surface area contributed by atoms with E-state index in [1.807, 2.05) is 68.4 Å². The Morgan fingerprint density at radius 1 is 0.821 bits per heavy atom. The summed E-state index contributed by atoms with van der Waals surface area (Å²) in [4.78, 5) is 127. The number of carbonyl (C=O) groups is 7. The van der Waals surface area contributed by atoms with Crippen LogP contribution < -0.4 is 21.3 Å². The van der Waals surface area contributed by atoms with Gasteiger partial charge in [-0.15, -0.1) is 22.7 Å². The van der Waals surface area contributed by atoms with Crippen LogP contribution in [0.25, 0.3) is 20.5 Å². The summed E-state index contributed by atoms with van der Waals surface area (Å²) < 4.78 is 53.4. The van der Waals surface area contributed by atoms with Crippen molar-refractivity contribution >= 4 is 81.7 Å². The number of benzene rings is 3. The molecule has 0 unspecified atom stereocenters. The van der Waals surface area contributed by atoms with Crippen molar-refractivity contribution in [1.29, 1.82) is 0 Å². The molecule has 3 aliphatic rings. The minimum Gasteiger partial charge on any atom is -0.391 e. The monoisotopic (exact) mass is 1220 g/mol. The summed E-state index contributed by atoms with van der Waals surface area (Å²) in [7, 11) is -5.89. The number of aromatic nitrogens is 1. The number of nitrogens with zero attached hydrogens (tertiary/aromatic N) is 4. The number of fused-ring (bicyclic) bond motifs is 1. The number of aliphatic hydroxyl groups is 1. The van der Waals surface area contributed by atoms with Crippen molar-refractivity contribution < 1.29 is 71.3 Å². The summed E-state index contributed by atoms with van der Waals surface area (Å²) in [6.07, 6.45) is -2.47. The number of hydrogen-bond acceptors (Lipinski definition) is 14. The molecule has 5 aromatic rings. The first kappa shape index (κ1) is 63.5. The van der Waals surface area contributed by atoms with E-state index < -0.39 is 133 Å². The molecule has 8 atom stereocenters. The molecule has 2 aromatic heterocycles. The van der Waals surface area contributed by atoms with Crippen LogP contribution in [0.15, 0.2) is 84.4 Å². The molecule has 84 heavy (non-hydrogen) atoms. The molecule has 3 aliphatic heterocycles. The minimum absolute atomic E-state index is 0.00568. The van der Waals surface area contributed by atoms with Crippen LogP contribution in [-0.2, 0) is 48.5 Å². The highest BCUT2D eigenvalue weighted by Gasteiger charge is 2.51. The van der Waals surface area contributed by atoms with E-state index in [0.717, 1.165) is 50.7 Å². The summed E-state index contributed by atoms with van der Waals surface area (Å²) >= 11 is 2.44. The molecule has 7 N–H and O–H groups in total. The second-order valence-electron chi connectivity index (χ2n) is 23.6. The maximum atomic E-state index is 14.9. The number of thiophene rings is 1. The van der Waals surface area contributed by atoms with Gasteiger partial charge in [0, 0.05) is 42.7 Å². The van der Waals surface area contributed by atoms with Gasteiger partial charge >= 0.3 is 13.3 Å². The number of nitrogens with one attached hydrogen (secondary N) is 4. The maximum absolute atomic E-state index is 14.9. The van der Waals surface area contributed by atoms with E-state index in [1.165, 1.54) is 33.3 Å². The van der Waals surface area contributed by atoms with Crippen molar-refractivity contribution in [3.63, 3.8) is 0 Å². The van der Waals surface area contributed by atoms with Gasteiger partial charge in [-0.1, -0.05) is 102 Å². The van der Waals surface area contributed by atoms with Gasteiger partial charge in [0.15, 0.2) is 0 Å². The largest absolute Gasteiger partial charge is 0.399 e. The number of amides is 7. The third-order valence-electron chi connectivity index (χ3n) is 15.2. The zero-order chi connectivity index (χ0) is 61.2. The minimum atomic E-state index is -5.89. The van der Waals surface area contributed by atoms with E-state index in [9.17, 15) is 61.8 Å². The Bertz CT molecular complexity index is 3310. The summed E-state index contributed by atoms with van der Waals surface area (Å²) in [5.41, 5.74) is -1.99. The number of morpholine rings is 1. The molecular weight excluding hydrogens is 1150 g/mol. The van der Waals surface area contributed by atoms with Crippen molar-refractivity contribution in [2.24, 2.45) is 10.8 Å². The summed E-state index contributed by atoms with van der Waals surface area (Å²) in [6, 6.07) is 16.2. The molecule has 0 bridgehead atoms. The molecule has 3 fully saturated rings. The standard InChI is InChI=1S/C58H71F2N8O13PS2/c1-32(34-14-16-36(17-15-34)48-33(2)62-31-83-48)63-51(72)41-24-39(69)27-67(41)54(75)49(56(3,4)5)64-46(70)26-61-47(71)30-81-40-25-42(53(74)66-20-21-80-43(29-66)35-12-10-9-11-13-35)68(28-40)55(76)50(57(6,7)8)65-52(73)45-23-37-22-38(18-19-44(37)84-45)58(59,60)82(77,78)79/h9-19,22-23,31-32,39-43,49-50,69H,20-21,24-30H2,1-8H3,(H,61,71)(H,63,72)(H,64,70)(H,65,73)(H2,77,78,79)/t32-,39+,40-,41-,42-,43-,49-,50+/m0/s1. The highest BCUT2D eigenvalue weighted by molar-refractivity contribution is 7.52. The molecule has 3 saturated heterocycles. The Balaban J connectivity index is 0.912. The summed E-state index contributed by atoms with van der Waals surface area (Å²) in [5, 5.41) is 21.8. The van der Waals surface area contributed by atoms with Gasteiger partial charge in [0.1, 0.15) is 36.9 Å². The fourth-order valence-electron chi connectivity index (χ4n) is 10.5. The van der Waals surface area contributed by atoms with Crippen LogP contribution in [0.3, 0.4) is 0 Å². The molecule has 0 aliphatic carbocycles. The first-order chi connectivity index (χ1) is 39.4. The van der Waals surface area contributed by atoms with Crippen LogP contribution in [0.5, 0.6) is 0 Å². The number of aliphatic hydroxyl groups excluding tert-OH is 1. The van der Waals surface area contributed by atoms with Crippen LogP contribution in [0.4, 0.5) is 8.78 Å². The SMILES string of the molecule is Cc1ncsc1-c1ccc([C@H](C)NC(=O)[C@@H]2C[C@@H](O)CN2C(=O)[C@H](NC(=O)CNC(=O)CO[C@H]2C[C@@H](C(=O)N3CCO[C@H](c4ccccc4)C3)N(C(=O)[C@@H](NC(=O)c3cc4cc(C(F)(F)P(=O)(O)O)ccc4s3)C(C)(C)C)C2)C(C)(C)C)cc1. The van der Waals surface area contributed by atoms with Gasteiger partial charge in [-0.25, -0.2) is 4.98 Å². The van der Waals surface area contributed by atoms with Crippen molar-refractivity contribution in [2.45, 2.75) is 122 Å². The molecular formula is C58H71F2N8O13PS2. The van der Waals surface area contributed by atoms with Crippen LogP contribution in [0.2, 0.25) is 0 Å². The maximum Gasteiger partial charge on any atom is 0.399 e. The number of ether oxygens (including phenoxy) is 2. The molecule has 0 spiro atoms. The lowest BCUT2D eigenvalue weighted by Crippen LogP contribution is -2.58. The number of carbonyl (C=O) groups excluding carboxylic acids is 7. The van der Waals surface area contributed by atoms with Gasteiger partial charge in [-0.05, 0) is 65.0 Å². The van der Waals surface area contributed by atoms with E-state index in [4.69, 9.17) is 9.47 Å². The molecule has 452 valence electrons. The van der Waals surface area contributed by atoms with Crippen LogP contribution >= 0.6 is 30.3 Å². The molecule has 26 heteroatoms.